The highest BCUT2D eigenvalue weighted by atomic mass is 28.4. The number of halogens is 1. The number of carbonyl (C=O) groups is 1. The first kappa shape index (κ1) is 24.1. The van der Waals surface area contributed by atoms with Gasteiger partial charge < -0.3 is 13.9 Å². The van der Waals surface area contributed by atoms with Crippen LogP contribution in [0, 0.1) is 0 Å². The number of aromatic nitrogens is 2. The van der Waals surface area contributed by atoms with E-state index in [0.717, 1.165) is 16.8 Å². The average molecular weight is 465 g/mol. The average Bonchev–Trinajstić information content (AvgIpc) is 3.02. The molecular weight excluding hydrogens is 435 g/mol. The van der Waals surface area contributed by atoms with Gasteiger partial charge >= 0.3 is 11.7 Å². The number of H-pyrrole nitrogens is 1. The first-order valence-corrected chi connectivity index (χ1v) is 13.3. The van der Waals surface area contributed by atoms with Crippen molar-refractivity contribution in [2.24, 2.45) is 0 Å². The number of carbonyl (C=O) groups excluding carboxylic acids is 1. The molecule has 1 N–H and O–H groups in total. The minimum Gasteiger partial charge on any atom is -0.453 e. The van der Waals surface area contributed by atoms with Gasteiger partial charge in [-0.3, -0.25) is 14.3 Å². The Hall–Kier alpha value is -2.56. The Morgan fingerprint density at radius 1 is 1.19 bits per heavy atom. The maximum absolute atomic E-state index is 15.5. The summed E-state index contributed by atoms with van der Waals surface area (Å²) in [6, 6.07) is 9.33. The molecular formula is C22H29FN2O6Si. The molecule has 0 amide bonds. The lowest BCUT2D eigenvalue weighted by atomic mass is 10.1. The zero-order chi connectivity index (χ0) is 23.7. The SMILES string of the molecule is CC(C)(C)[Si](C)(C)OC[C@H]1O[C@@H](n2ccc(=O)[nH]c2=O)C(F)C1OC(=O)c1ccccc1. The quantitative estimate of drug-likeness (QED) is 0.521. The second kappa shape index (κ2) is 9.12. The Morgan fingerprint density at radius 2 is 1.84 bits per heavy atom. The van der Waals surface area contributed by atoms with Crippen molar-refractivity contribution in [2.75, 3.05) is 6.61 Å². The number of hydrogen-bond acceptors (Lipinski definition) is 6. The van der Waals surface area contributed by atoms with Gasteiger partial charge in [0.2, 0.25) is 0 Å². The molecule has 3 rings (SSSR count). The number of benzene rings is 1. The van der Waals surface area contributed by atoms with Crippen LogP contribution < -0.4 is 11.2 Å². The fraction of sp³-hybridized carbons (Fsp3) is 0.500. The zero-order valence-corrected chi connectivity index (χ0v) is 19.8. The van der Waals surface area contributed by atoms with Crippen molar-refractivity contribution in [1.29, 1.82) is 0 Å². The van der Waals surface area contributed by atoms with Gasteiger partial charge in [0.15, 0.2) is 26.8 Å². The van der Waals surface area contributed by atoms with Crippen LogP contribution in [0.2, 0.25) is 18.1 Å². The fourth-order valence-electron chi connectivity index (χ4n) is 3.09. The molecule has 0 aliphatic carbocycles. The van der Waals surface area contributed by atoms with Gasteiger partial charge in [-0.05, 0) is 30.3 Å². The molecule has 0 bridgehead atoms. The largest absolute Gasteiger partial charge is 0.453 e. The molecule has 1 fully saturated rings. The molecule has 0 spiro atoms. The normalized spacial score (nSPS) is 23.8. The van der Waals surface area contributed by atoms with Crippen molar-refractivity contribution in [1.82, 2.24) is 9.55 Å². The molecule has 0 saturated carbocycles. The van der Waals surface area contributed by atoms with E-state index < -0.39 is 50.1 Å². The summed E-state index contributed by atoms with van der Waals surface area (Å²) >= 11 is 0. The summed E-state index contributed by atoms with van der Waals surface area (Å²) in [5, 5.41) is -0.0911. The monoisotopic (exact) mass is 464 g/mol. The van der Waals surface area contributed by atoms with Gasteiger partial charge in [-0.1, -0.05) is 39.0 Å². The molecule has 2 unspecified atom stereocenters. The Morgan fingerprint density at radius 3 is 2.44 bits per heavy atom. The predicted octanol–water partition coefficient (Wildman–Crippen LogP) is 3.02. The van der Waals surface area contributed by atoms with Crippen LogP contribution in [0.4, 0.5) is 4.39 Å². The van der Waals surface area contributed by atoms with E-state index in [1.165, 1.54) is 0 Å². The van der Waals surface area contributed by atoms with Gasteiger partial charge in [0, 0.05) is 12.3 Å². The van der Waals surface area contributed by atoms with E-state index in [2.05, 4.69) is 25.8 Å². The van der Waals surface area contributed by atoms with E-state index in [1.54, 1.807) is 30.3 Å². The molecule has 0 radical (unpaired) electrons. The molecule has 1 saturated heterocycles. The topological polar surface area (TPSA) is 99.6 Å². The Kier molecular flexibility index (Phi) is 6.87. The van der Waals surface area contributed by atoms with Gasteiger partial charge in [0.05, 0.1) is 12.2 Å². The van der Waals surface area contributed by atoms with E-state index in [1.807, 2.05) is 13.1 Å². The van der Waals surface area contributed by atoms with Gasteiger partial charge in [-0.15, -0.1) is 0 Å². The summed E-state index contributed by atoms with van der Waals surface area (Å²) in [5.41, 5.74) is -1.15. The summed E-state index contributed by atoms with van der Waals surface area (Å²) < 4.78 is 34.0. The number of nitrogens with zero attached hydrogens (tertiary/aromatic N) is 1. The molecule has 1 aromatic heterocycles. The molecule has 174 valence electrons. The number of hydrogen-bond donors (Lipinski definition) is 1. The lowest BCUT2D eigenvalue weighted by Gasteiger charge is -2.37. The number of alkyl halides is 1. The van der Waals surface area contributed by atoms with Gasteiger partial charge in [0.1, 0.15) is 6.10 Å². The summed E-state index contributed by atoms with van der Waals surface area (Å²) in [5.74, 6) is -0.700. The van der Waals surface area contributed by atoms with Crippen LogP contribution in [-0.2, 0) is 13.9 Å². The van der Waals surface area contributed by atoms with E-state index in [9.17, 15) is 14.4 Å². The third-order valence-electron chi connectivity index (χ3n) is 6.06. The molecule has 4 atom stereocenters. The molecule has 2 aromatic rings. The molecule has 1 aromatic carbocycles. The number of ether oxygens (including phenoxy) is 2. The minimum atomic E-state index is -2.21. The van der Waals surface area contributed by atoms with Crippen LogP contribution in [-0.4, -0.2) is 48.8 Å². The second-order valence-corrected chi connectivity index (χ2v) is 14.1. The lowest BCUT2D eigenvalue weighted by Crippen LogP contribution is -2.45. The van der Waals surface area contributed by atoms with Crippen molar-refractivity contribution in [3.8, 4) is 0 Å². The maximum Gasteiger partial charge on any atom is 0.338 e. The van der Waals surface area contributed by atoms with E-state index >= 15 is 4.39 Å². The van der Waals surface area contributed by atoms with Gasteiger partial charge in [-0.25, -0.2) is 14.0 Å². The number of esters is 1. The van der Waals surface area contributed by atoms with Crippen LogP contribution in [0.5, 0.6) is 0 Å². The standard InChI is InChI=1S/C22H29FN2O6Si/c1-22(2,3)32(4,5)29-13-15-18(31-20(27)14-9-7-6-8-10-14)17(23)19(30-15)25-12-11-16(26)24-21(25)28/h6-12,15,17-19H,13H2,1-5H3,(H,24,26,28)/t15-,17?,18?,19-/m1/s1. The summed E-state index contributed by atoms with van der Waals surface area (Å²) in [6.07, 6.45) is -4.29. The highest BCUT2D eigenvalue weighted by molar-refractivity contribution is 6.74. The van der Waals surface area contributed by atoms with E-state index in [0.29, 0.717) is 0 Å². The van der Waals surface area contributed by atoms with E-state index in [4.69, 9.17) is 13.9 Å². The smallest absolute Gasteiger partial charge is 0.338 e. The molecule has 10 heteroatoms. The third kappa shape index (κ3) is 5.08. The van der Waals surface area contributed by atoms with Crippen molar-refractivity contribution in [3.05, 3.63) is 69.0 Å². The van der Waals surface area contributed by atoms with Crippen molar-refractivity contribution < 1.29 is 23.1 Å². The van der Waals surface area contributed by atoms with Crippen LogP contribution in [0.3, 0.4) is 0 Å². The summed E-state index contributed by atoms with van der Waals surface area (Å²) in [6.45, 7) is 10.3. The first-order valence-electron chi connectivity index (χ1n) is 10.4. The molecule has 1 aliphatic heterocycles. The third-order valence-corrected chi connectivity index (χ3v) is 10.6. The highest BCUT2D eigenvalue weighted by Gasteiger charge is 2.50. The Bertz CT molecular complexity index is 1060. The zero-order valence-electron chi connectivity index (χ0n) is 18.8. The van der Waals surface area contributed by atoms with Crippen molar-refractivity contribution in [2.45, 2.75) is 63.5 Å². The molecule has 1 aliphatic rings. The predicted molar refractivity (Wildman–Crippen MR) is 119 cm³/mol. The van der Waals surface area contributed by atoms with Crippen molar-refractivity contribution in [3.63, 3.8) is 0 Å². The summed E-state index contributed by atoms with van der Waals surface area (Å²) in [4.78, 5) is 38.3. The number of nitrogens with one attached hydrogen (secondary N) is 1. The van der Waals surface area contributed by atoms with Crippen LogP contribution in [0.15, 0.2) is 52.2 Å². The van der Waals surface area contributed by atoms with Gasteiger partial charge in [0.25, 0.3) is 5.56 Å². The lowest BCUT2D eigenvalue weighted by molar-refractivity contribution is -0.0510. The Labute approximate surface area is 186 Å². The number of rotatable bonds is 6. The minimum absolute atomic E-state index is 0.00173. The first-order chi connectivity index (χ1) is 14.9. The Balaban J connectivity index is 1.87. The van der Waals surface area contributed by atoms with E-state index in [-0.39, 0.29) is 17.2 Å². The van der Waals surface area contributed by atoms with Crippen LogP contribution >= 0.6 is 0 Å². The second-order valence-electron chi connectivity index (χ2n) is 9.33. The molecule has 2 heterocycles. The molecule has 8 nitrogen and oxygen atoms in total. The maximum atomic E-state index is 15.5. The fourth-order valence-corrected chi connectivity index (χ4v) is 4.11. The van der Waals surface area contributed by atoms with Crippen LogP contribution in [0.25, 0.3) is 0 Å². The highest BCUT2D eigenvalue weighted by Crippen LogP contribution is 2.39. The number of aromatic amines is 1. The van der Waals surface area contributed by atoms with Gasteiger partial charge in [-0.2, -0.15) is 0 Å². The van der Waals surface area contributed by atoms with Crippen LogP contribution in [0.1, 0.15) is 37.4 Å². The molecule has 32 heavy (non-hydrogen) atoms. The van der Waals surface area contributed by atoms with Crippen molar-refractivity contribution >= 4 is 14.3 Å². The summed E-state index contributed by atoms with van der Waals surface area (Å²) in [7, 11) is -2.21.